The van der Waals surface area contributed by atoms with Gasteiger partial charge in [-0.1, -0.05) is 15.9 Å². The Kier molecular flexibility index (Phi) is 4.19. The van der Waals surface area contributed by atoms with E-state index < -0.39 is 6.36 Å². The summed E-state index contributed by atoms with van der Waals surface area (Å²) >= 11 is 3.08. The van der Waals surface area contributed by atoms with Gasteiger partial charge < -0.3 is 4.74 Å². The summed E-state index contributed by atoms with van der Waals surface area (Å²) in [5.74, 6) is -0.283. The number of rotatable bonds is 3. The Bertz CT molecular complexity index is 412. The minimum atomic E-state index is -4.70. The van der Waals surface area contributed by atoms with Crippen LogP contribution in [0.15, 0.2) is 22.7 Å². The normalized spacial score (nSPS) is 10.9. The molecular weight excluding hydrogens is 287 g/mol. The molecule has 1 rings (SSSR count). The first-order chi connectivity index (χ1) is 7.40. The van der Waals surface area contributed by atoms with Crippen LogP contribution < -0.4 is 4.74 Å². The number of benzene rings is 1. The van der Waals surface area contributed by atoms with Gasteiger partial charge in [-0.25, -0.2) is 0 Å². The van der Waals surface area contributed by atoms with Crippen LogP contribution in [0.3, 0.4) is 0 Å². The predicted molar refractivity (Wildman–Crippen MR) is 54.8 cm³/mol. The Hall–Kier alpha value is -1.22. The molecule has 0 N–H and O–H groups in total. The highest BCUT2D eigenvalue weighted by Crippen LogP contribution is 2.27. The van der Waals surface area contributed by atoms with E-state index in [1.54, 1.807) is 6.07 Å². The summed E-state index contributed by atoms with van der Waals surface area (Å²) in [4.78, 5) is 0. The molecule has 0 aliphatic carbocycles. The Morgan fingerprint density at radius 2 is 2.00 bits per heavy atom. The number of nitrogens with zero attached hydrogens (tertiary/aromatic N) is 1. The fourth-order valence-corrected chi connectivity index (χ4v) is 1.68. The van der Waals surface area contributed by atoms with Crippen molar-refractivity contribution in [3.8, 4) is 11.8 Å². The molecule has 0 radical (unpaired) electrons. The zero-order chi connectivity index (χ0) is 12.2. The van der Waals surface area contributed by atoms with Crippen LogP contribution in [0.2, 0.25) is 0 Å². The molecule has 0 saturated carbocycles. The van der Waals surface area contributed by atoms with E-state index in [4.69, 9.17) is 5.26 Å². The summed E-state index contributed by atoms with van der Waals surface area (Å²) in [5, 5.41) is 8.38. The fourth-order valence-electron chi connectivity index (χ4n) is 1.16. The largest absolute Gasteiger partial charge is 0.573 e. The minimum absolute atomic E-state index is 0.252. The second-order valence-corrected chi connectivity index (χ2v) is 3.92. The van der Waals surface area contributed by atoms with E-state index in [2.05, 4.69) is 20.7 Å². The summed E-state index contributed by atoms with van der Waals surface area (Å²) < 4.78 is 40.2. The molecule has 1 aromatic carbocycles. The molecule has 6 heteroatoms. The Morgan fingerprint density at radius 3 is 2.56 bits per heavy atom. The highest BCUT2D eigenvalue weighted by atomic mass is 79.9. The van der Waals surface area contributed by atoms with E-state index in [9.17, 15) is 13.2 Å². The summed E-state index contributed by atoms with van der Waals surface area (Å²) in [7, 11) is 0. The minimum Gasteiger partial charge on any atom is -0.406 e. The molecule has 86 valence electrons. The Labute approximate surface area is 98.8 Å². The molecule has 1 aromatic rings. The zero-order valence-electron chi connectivity index (χ0n) is 8.01. The lowest BCUT2D eigenvalue weighted by atomic mass is 10.1. The van der Waals surface area contributed by atoms with Crippen LogP contribution in [0.4, 0.5) is 13.2 Å². The first-order valence-electron chi connectivity index (χ1n) is 4.33. The van der Waals surface area contributed by atoms with Crippen molar-refractivity contribution in [1.29, 1.82) is 5.26 Å². The van der Waals surface area contributed by atoms with Crippen molar-refractivity contribution in [2.24, 2.45) is 0 Å². The van der Waals surface area contributed by atoms with E-state index in [1.165, 1.54) is 12.1 Å². The number of halogens is 4. The topological polar surface area (TPSA) is 33.0 Å². The van der Waals surface area contributed by atoms with Crippen molar-refractivity contribution >= 4 is 15.9 Å². The van der Waals surface area contributed by atoms with E-state index in [0.29, 0.717) is 16.5 Å². The first-order valence-corrected chi connectivity index (χ1v) is 5.12. The van der Waals surface area contributed by atoms with Crippen LogP contribution in [0.5, 0.6) is 5.75 Å². The fraction of sp³-hybridized carbons (Fsp3) is 0.300. The van der Waals surface area contributed by atoms with Gasteiger partial charge in [0.1, 0.15) is 5.75 Å². The van der Waals surface area contributed by atoms with Crippen molar-refractivity contribution in [3.63, 3.8) is 0 Å². The average molecular weight is 294 g/mol. The number of aryl methyl sites for hydroxylation is 1. The first kappa shape index (κ1) is 12.8. The van der Waals surface area contributed by atoms with Crippen molar-refractivity contribution in [1.82, 2.24) is 0 Å². The van der Waals surface area contributed by atoms with Gasteiger partial charge in [-0.3, -0.25) is 0 Å². The smallest absolute Gasteiger partial charge is 0.406 e. The number of ether oxygens (including phenoxy) is 1. The van der Waals surface area contributed by atoms with Crippen molar-refractivity contribution in [2.45, 2.75) is 19.2 Å². The van der Waals surface area contributed by atoms with Gasteiger partial charge >= 0.3 is 6.36 Å². The maximum Gasteiger partial charge on any atom is 0.573 e. The zero-order valence-corrected chi connectivity index (χ0v) is 9.60. The third kappa shape index (κ3) is 4.53. The van der Waals surface area contributed by atoms with Crippen LogP contribution in [0.1, 0.15) is 12.0 Å². The molecule has 16 heavy (non-hydrogen) atoms. The lowest BCUT2D eigenvalue weighted by Crippen LogP contribution is -2.17. The van der Waals surface area contributed by atoms with Crippen LogP contribution in [-0.4, -0.2) is 6.36 Å². The van der Waals surface area contributed by atoms with Crippen LogP contribution in [0.25, 0.3) is 0 Å². The third-order valence-electron chi connectivity index (χ3n) is 1.69. The second-order valence-electron chi connectivity index (χ2n) is 3.00. The summed E-state index contributed by atoms with van der Waals surface area (Å²) in [6.45, 7) is 0. The lowest BCUT2D eigenvalue weighted by Gasteiger charge is -2.10. The Balaban J connectivity index is 2.86. The molecule has 0 aliphatic heterocycles. The molecule has 0 atom stereocenters. The number of nitriles is 1. The molecule has 0 aliphatic rings. The van der Waals surface area contributed by atoms with Gasteiger partial charge in [-0.05, 0) is 30.2 Å². The monoisotopic (exact) mass is 293 g/mol. The molecule has 0 spiro atoms. The van der Waals surface area contributed by atoms with E-state index in [0.717, 1.165) is 0 Å². The van der Waals surface area contributed by atoms with E-state index >= 15 is 0 Å². The molecule has 0 amide bonds. The van der Waals surface area contributed by atoms with Gasteiger partial charge in [-0.2, -0.15) is 5.26 Å². The number of hydrogen-bond acceptors (Lipinski definition) is 2. The van der Waals surface area contributed by atoms with Gasteiger partial charge in [0.05, 0.1) is 6.07 Å². The number of alkyl halides is 3. The van der Waals surface area contributed by atoms with Gasteiger partial charge in [0.25, 0.3) is 0 Å². The van der Waals surface area contributed by atoms with Gasteiger partial charge in [0, 0.05) is 10.9 Å². The summed E-state index contributed by atoms with van der Waals surface area (Å²) in [6, 6.07) is 6.08. The highest BCUT2D eigenvalue weighted by Gasteiger charge is 2.31. The Morgan fingerprint density at radius 1 is 1.31 bits per heavy atom. The summed E-state index contributed by atoms with van der Waals surface area (Å²) in [5.41, 5.74) is 0.621. The molecule has 0 heterocycles. The molecule has 0 unspecified atom stereocenters. The standard InChI is InChI=1S/C10H7BrF3NO/c11-8-4-7(2-1-3-15)5-9(6-8)16-10(12,13)14/h4-6H,1-2H2. The van der Waals surface area contributed by atoms with Gasteiger partial charge in [-0.15, -0.1) is 13.2 Å². The average Bonchev–Trinajstić information content (AvgIpc) is 2.10. The van der Waals surface area contributed by atoms with Crippen molar-refractivity contribution in [3.05, 3.63) is 28.2 Å². The maximum absolute atomic E-state index is 12.0. The maximum atomic E-state index is 12.0. The van der Waals surface area contributed by atoms with Crippen LogP contribution in [-0.2, 0) is 6.42 Å². The van der Waals surface area contributed by atoms with Crippen molar-refractivity contribution in [2.75, 3.05) is 0 Å². The lowest BCUT2D eigenvalue weighted by molar-refractivity contribution is -0.274. The SMILES string of the molecule is N#CCCc1cc(Br)cc(OC(F)(F)F)c1. The second kappa shape index (κ2) is 5.21. The van der Waals surface area contributed by atoms with Gasteiger partial charge in [0.15, 0.2) is 0 Å². The van der Waals surface area contributed by atoms with Gasteiger partial charge in [0.2, 0.25) is 0 Å². The molecule has 0 aromatic heterocycles. The van der Waals surface area contributed by atoms with Crippen molar-refractivity contribution < 1.29 is 17.9 Å². The van der Waals surface area contributed by atoms with E-state index in [-0.39, 0.29) is 12.2 Å². The molecule has 0 saturated heterocycles. The molecule has 0 bridgehead atoms. The summed E-state index contributed by atoms with van der Waals surface area (Å²) in [6.07, 6.45) is -4.06. The molecular formula is C10H7BrF3NO. The van der Waals surface area contributed by atoms with E-state index in [1.807, 2.05) is 6.07 Å². The van der Waals surface area contributed by atoms with Crippen LogP contribution in [0, 0.1) is 11.3 Å². The highest BCUT2D eigenvalue weighted by molar-refractivity contribution is 9.10. The molecule has 2 nitrogen and oxygen atoms in total. The predicted octanol–water partition coefficient (Wildman–Crippen LogP) is 3.80. The quantitative estimate of drug-likeness (QED) is 0.849. The number of hydrogen-bond donors (Lipinski definition) is 0. The van der Waals surface area contributed by atoms with Crippen LogP contribution >= 0.6 is 15.9 Å². The molecule has 0 fully saturated rings. The third-order valence-corrected chi connectivity index (χ3v) is 2.15.